The fourth-order valence-electron chi connectivity index (χ4n) is 1.73. The molecule has 0 unspecified atom stereocenters. The van der Waals surface area contributed by atoms with Crippen molar-refractivity contribution in [2.75, 3.05) is 11.9 Å². The number of carbonyl (C=O) groups is 3. The number of phenols is 1. The third-order valence-corrected chi connectivity index (χ3v) is 2.80. The molecule has 0 heterocycles. The second-order valence-electron chi connectivity index (χ2n) is 4.41. The quantitative estimate of drug-likeness (QED) is 0.319. The summed E-state index contributed by atoms with van der Waals surface area (Å²) in [6.45, 7) is 3.02. The lowest BCUT2D eigenvalue weighted by molar-refractivity contribution is -0.148. The number of para-hydroxylation sites is 1. The van der Waals surface area contributed by atoms with Crippen molar-refractivity contribution in [3.05, 3.63) is 23.8 Å². The highest BCUT2D eigenvalue weighted by Crippen LogP contribution is 2.26. The Morgan fingerprint density at radius 2 is 2.09 bits per heavy atom. The zero-order chi connectivity index (χ0) is 16.7. The Balaban J connectivity index is 2.98. The van der Waals surface area contributed by atoms with Crippen molar-refractivity contribution in [3.8, 4) is 5.75 Å². The van der Waals surface area contributed by atoms with Gasteiger partial charge in [0.1, 0.15) is 0 Å². The van der Waals surface area contributed by atoms with Crippen LogP contribution in [-0.4, -0.2) is 47.3 Å². The molecule has 1 rings (SSSR count). The molecule has 2 atom stereocenters. The van der Waals surface area contributed by atoms with Crippen molar-refractivity contribution in [2.24, 2.45) is 0 Å². The SMILES string of the molecule is CCOC(=O)[C@@H](NC(=O)c1cccc(NC=O)c1O)[C@@H](C)O. The smallest absolute Gasteiger partial charge is 0.331 e. The summed E-state index contributed by atoms with van der Waals surface area (Å²) >= 11 is 0. The molecule has 0 radical (unpaired) electrons. The molecule has 0 saturated heterocycles. The number of esters is 1. The fourth-order valence-corrected chi connectivity index (χ4v) is 1.73. The van der Waals surface area contributed by atoms with Gasteiger partial charge < -0.3 is 25.6 Å². The number of phenolic OH excluding ortho intramolecular Hbond substituents is 1. The first-order valence-electron chi connectivity index (χ1n) is 6.60. The lowest BCUT2D eigenvalue weighted by Crippen LogP contribution is -2.48. The Labute approximate surface area is 127 Å². The summed E-state index contributed by atoms with van der Waals surface area (Å²) in [4.78, 5) is 34.2. The Morgan fingerprint density at radius 1 is 1.41 bits per heavy atom. The minimum atomic E-state index is -1.27. The van der Waals surface area contributed by atoms with E-state index in [9.17, 15) is 24.6 Å². The van der Waals surface area contributed by atoms with Gasteiger partial charge in [0.2, 0.25) is 6.41 Å². The van der Waals surface area contributed by atoms with Gasteiger partial charge in [0, 0.05) is 0 Å². The molecule has 0 saturated carbocycles. The average molecular weight is 310 g/mol. The molecule has 8 heteroatoms. The molecule has 1 aromatic rings. The average Bonchev–Trinajstić information content (AvgIpc) is 2.46. The molecule has 1 aromatic carbocycles. The number of aliphatic hydroxyl groups excluding tert-OH is 1. The predicted octanol–water partition coefficient (Wildman–Crippen LogP) is 0.00280. The van der Waals surface area contributed by atoms with Crippen LogP contribution in [0, 0.1) is 0 Å². The normalized spacial score (nSPS) is 12.9. The van der Waals surface area contributed by atoms with Crippen LogP contribution in [0.4, 0.5) is 5.69 Å². The van der Waals surface area contributed by atoms with E-state index in [0.717, 1.165) is 0 Å². The van der Waals surface area contributed by atoms with Crippen LogP contribution >= 0.6 is 0 Å². The minimum absolute atomic E-state index is 0.0485. The van der Waals surface area contributed by atoms with Crippen molar-refractivity contribution < 1.29 is 29.3 Å². The summed E-state index contributed by atoms with van der Waals surface area (Å²) in [7, 11) is 0. The van der Waals surface area contributed by atoms with Gasteiger partial charge in [0.05, 0.1) is 24.0 Å². The summed E-state index contributed by atoms with van der Waals surface area (Å²) in [5, 5.41) is 24.0. The number of nitrogens with one attached hydrogen (secondary N) is 2. The molecule has 2 amide bonds. The van der Waals surface area contributed by atoms with Crippen LogP contribution in [0.1, 0.15) is 24.2 Å². The number of hydrogen-bond acceptors (Lipinski definition) is 6. The van der Waals surface area contributed by atoms with Gasteiger partial charge in [-0.25, -0.2) is 4.79 Å². The second kappa shape index (κ2) is 7.99. The highest BCUT2D eigenvalue weighted by molar-refractivity contribution is 6.01. The Hall–Kier alpha value is -2.61. The number of hydrogen-bond donors (Lipinski definition) is 4. The van der Waals surface area contributed by atoms with Crippen molar-refractivity contribution >= 4 is 24.0 Å². The number of rotatable bonds is 7. The van der Waals surface area contributed by atoms with Crippen molar-refractivity contribution in [3.63, 3.8) is 0 Å². The first-order chi connectivity index (χ1) is 10.4. The zero-order valence-corrected chi connectivity index (χ0v) is 12.2. The molecule has 8 nitrogen and oxygen atoms in total. The van der Waals surface area contributed by atoms with Gasteiger partial charge in [-0.15, -0.1) is 0 Å². The molecule has 0 fully saturated rings. The number of amides is 2. The molecule has 0 aliphatic heterocycles. The molecule has 0 bridgehead atoms. The fraction of sp³-hybridized carbons (Fsp3) is 0.357. The van der Waals surface area contributed by atoms with Crippen LogP contribution in [0.5, 0.6) is 5.75 Å². The number of aliphatic hydroxyl groups is 1. The zero-order valence-electron chi connectivity index (χ0n) is 12.2. The maximum atomic E-state index is 12.1. The Bertz CT molecular complexity index is 558. The van der Waals surface area contributed by atoms with E-state index in [1.54, 1.807) is 6.92 Å². The van der Waals surface area contributed by atoms with E-state index in [2.05, 4.69) is 10.6 Å². The van der Waals surface area contributed by atoms with Crippen molar-refractivity contribution in [1.29, 1.82) is 0 Å². The van der Waals surface area contributed by atoms with Crippen LogP contribution in [-0.2, 0) is 14.3 Å². The molecule has 4 N–H and O–H groups in total. The lowest BCUT2D eigenvalue weighted by Gasteiger charge is -2.20. The maximum absolute atomic E-state index is 12.1. The van der Waals surface area contributed by atoms with Gasteiger partial charge in [-0.05, 0) is 26.0 Å². The van der Waals surface area contributed by atoms with E-state index >= 15 is 0 Å². The van der Waals surface area contributed by atoms with E-state index < -0.39 is 29.8 Å². The van der Waals surface area contributed by atoms with Crippen molar-refractivity contribution in [1.82, 2.24) is 5.32 Å². The van der Waals surface area contributed by atoms with Crippen LogP contribution in [0.15, 0.2) is 18.2 Å². The number of benzene rings is 1. The molecule has 0 aliphatic carbocycles. The molecule has 0 aromatic heterocycles. The van der Waals surface area contributed by atoms with Crippen LogP contribution in [0.3, 0.4) is 0 Å². The number of aromatic hydroxyl groups is 1. The monoisotopic (exact) mass is 310 g/mol. The van der Waals surface area contributed by atoms with Crippen LogP contribution in [0.25, 0.3) is 0 Å². The highest BCUT2D eigenvalue weighted by Gasteiger charge is 2.28. The summed E-state index contributed by atoms with van der Waals surface area (Å²) in [5.74, 6) is -2.01. The maximum Gasteiger partial charge on any atom is 0.331 e. The first-order valence-corrected chi connectivity index (χ1v) is 6.60. The molecule has 0 spiro atoms. The van der Waals surface area contributed by atoms with E-state index in [0.29, 0.717) is 6.41 Å². The highest BCUT2D eigenvalue weighted by atomic mass is 16.5. The standard InChI is InChI=1S/C14H18N2O6/c1-3-22-14(21)11(8(2)18)16-13(20)9-5-4-6-10(12(9)19)15-7-17/h4-8,11,18-19H,3H2,1-2H3,(H,15,17)(H,16,20)/t8-,11+/m1/s1. The second-order valence-corrected chi connectivity index (χ2v) is 4.41. The van der Waals surface area contributed by atoms with Gasteiger partial charge >= 0.3 is 5.97 Å². The Morgan fingerprint density at radius 3 is 2.64 bits per heavy atom. The summed E-state index contributed by atoms with van der Waals surface area (Å²) < 4.78 is 4.76. The van der Waals surface area contributed by atoms with Gasteiger partial charge in [-0.3, -0.25) is 9.59 Å². The van der Waals surface area contributed by atoms with E-state index in [1.807, 2.05) is 0 Å². The molecule has 22 heavy (non-hydrogen) atoms. The summed E-state index contributed by atoms with van der Waals surface area (Å²) in [6, 6.07) is 2.89. The van der Waals surface area contributed by atoms with Gasteiger partial charge in [-0.1, -0.05) is 6.07 Å². The van der Waals surface area contributed by atoms with Gasteiger partial charge in [0.25, 0.3) is 5.91 Å². The molecular weight excluding hydrogens is 292 g/mol. The molecular formula is C14H18N2O6. The summed E-state index contributed by atoms with van der Waals surface area (Å²) in [5.41, 5.74) is -0.103. The van der Waals surface area contributed by atoms with E-state index in [1.165, 1.54) is 25.1 Å². The van der Waals surface area contributed by atoms with Crippen molar-refractivity contribution in [2.45, 2.75) is 26.0 Å². The third-order valence-electron chi connectivity index (χ3n) is 2.80. The first kappa shape index (κ1) is 17.4. The third kappa shape index (κ3) is 4.19. The number of anilines is 1. The van der Waals surface area contributed by atoms with Gasteiger partial charge in [0.15, 0.2) is 11.8 Å². The number of ether oxygens (including phenoxy) is 1. The molecule has 120 valence electrons. The topological polar surface area (TPSA) is 125 Å². The minimum Gasteiger partial charge on any atom is -0.505 e. The van der Waals surface area contributed by atoms with E-state index in [-0.39, 0.29) is 17.9 Å². The molecule has 0 aliphatic rings. The van der Waals surface area contributed by atoms with Gasteiger partial charge in [-0.2, -0.15) is 0 Å². The number of carbonyl (C=O) groups excluding carboxylic acids is 3. The van der Waals surface area contributed by atoms with Crippen LogP contribution in [0.2, 0.25) is 0 Å². The predicted molar refractivity (Wildman–Crippen MR) is 77.4 cm³/mol. The Kier molecular flexibility index (Phi) is 6.33. The van der Waals surface area contributed by atoms with E-state index in [4.69, 9.17) is 4.74 Å². The van der Waals surface area contributed by atoms with Crippen LogP contribution < -0.4 is 10.6 Å². The largest absolute Gasteiger partial charge is 0.505 e. The summed E-state index contributed by atoms with van der Waals surface area (Å²) in [6.07, 6.45) is -0.824. The lowest BCUT2D eigenvalue weighted by atomic mass is 10.1.